The van der Waals surface area contributed by atoms with Crippen LogP contribution in [0.2, 0.25) is 0 Å². The second-order valence-corrected chi connectivity index (χ2v) is 7.82. The Balaban J connectivity index is 1.96. The quantitative estimate of drug-likeness (QED) is 0.630. The Kier molecular flexibility index (Phi) is 3.49. The molecule has 1 aliphatic carbocycles. The highest BCUT2D eigenvalue weighted by atomic mass is 32.2. The zero-order valence-corrected chi connectivity index (χ0v) is 14.2. The molecular weight excluding hydrogens is 360 g/mol. The summed E-state index contributed by atoms with van der Waals surface area (Å²) in [6.07, 6.45) is 1.51. The number of hydrogen-bond donors (Lipinski definition) is 3. The molecule has 9 nitrogen and oxygen atoms in total. The van der Waals surface area contributed by atoms with E-state index in [1.807, 2.05) is 0 Å². The van der Waals surface area contributed by atoms with Crippen molar-refractivity contribution >= 4 is 27.7 Å². The van der Waals surface area contributed by atoms with Crippen LogP contribution in [-0.2, 0) is 10.0 Å². The van der Waals surface area contributed by atoms with Crippen molar-refractivity contribution in [2.45, 2.75) is 23.8 Å². The van der Waals surface area contributed by atoms with E-state index in [1.54, 1.807) is 6.07 Å². The number of benzene rings is 1. The lowest BCUT2D eigenvalue weighted by Gasteiger charge is -2.16. The number of pyridine rings is 1. The fourth-order valence-electron chi connectivity index (χ4n) is 2.88. The number of para-hydroxylation sites is 1. The van der Waals surface area contributed by atoms with Crippen molar-refractivity contribution in [3.8, 4) is 5.69 Å². The molecular formula is C16H14N4O5S. The van der Waals surface area contributed by atoms with Crippen molar-refractivity contribution in [3.05, 3.63) is 51.8 Å². The van der Waals surface area contributed by atoms with Gasteiger partial charge in [-0.3, -0.25) is 24.3 Å². The van der Waals surface area contributed by atoms with Gasteiger partial charge in [0.05, 0.1) is 16.8 Å². The average molecular weight is 374 g/mol. The van der Waals surface area contributed by atoms with Crippen LogP contribution in [0.4, 0.5) is 5.82 Å². The smallest absolute Gasteiger partial charge is 0.262 e. The highest BCUT2D eigenvalue weighted by Gasteiger charge is 2.34. The molecule has 4 N–H and O–H groups in total. The summed E-state index contributed by atoms with van der Waals surface area (Å²) in [7, 11) is -3.88. The van der Waals surface area contributed by atoms with Crippen LogP contribution >= 0.6 is 0 Å². The Labute approximate surface area is 147 Å². The molecule has 1 fully saturated rings. The summed E-state index contributed by atoms with van der Waals surface area (Å²) < 4.78 is 28.8. The fraction of sp³-hybridized carbons (Fsp3) is 0.188. The first kappa shape index (κ1) is 16.5. The van der Waals surface area contributed by atoms with Gasteiger partial charge in [-0.2, -0.15) is 0 Å². The second kappa shape index (κ2) is 5.51. The van der Waals surface area contributed by atoms with Gasteiger partial charge in [0, 0.05) is 12.1 Å². The van der Waals surface area contributed by atoms with E-state index in [0.29, 0.717) is 0 Å². The Hall–Kier alpha value is -2.98. The number of carbonyl (C=O) groups is 2. The van der Waals surface area contributed by atoms with E-state index in [2.05, 4.69) is 10.0 Å². The SMILES string of the molecule is Nc1c2c(cc(=O)n1-c1ccccc1S(=O)(=O)NC1CC1)C(=O)NC2=O. The topological polar surface area (TPSA) is 140 Å². The summed E-state index contributed by atoms with van der Waals surface area (Å²) in [5, 5.41) is 2.07. The van der Waals surface area contributed by atoms with Gasteiger partial charge < -0.3 is 5.73 Å². The van der Waals surface area contributed by atoms with Gasteiger partial charge in [-0.25, -0.2) is 13.1 Å². The molecule has 2 heterocycles. The summed E-state index contributed by atoms with van der Waals surface area (Å²) in [4.78, 5) is 36.1. The molecule has 1 aliphatic heterocycles. The number of imide groups is 1. The number of nitrogens with one attached hydrogen (secondary N) is 2. The zero-order valence-electron chi connectivity index (χ0n) is 13.4. The number of amides is 2. The Bertz CT molecular complexity index is 1130. The number of nitrogens with two attached hydrogens (primary N) is 1. The maximum Gasteiger partial charge on any atom is 0.262 e. The van der Waals surface area contributed by atoms with Crippen LogP contribution in [0.3, 0.4) is 0 Å². The molecule has 134 valence electrons. The van der Waals surface area contributed by atoms with E-state index in [9.17, 15) is 22.8 Å². The van der Waals surface area contributed by atoms with Crippen LogP contribution in [0.15, 0.2) is 40.0 Å². The molecule has 2 aliphatic rings. The van der Waals surface area contributed by atoms with Crippen molar-refractivity contribution in [2.75, 3.05) is 5.73 Å². The van der Waals surface area contributed by atoms with Crippen LogP contribution in [0, 0.1) is 0 Å². The molecule has 0 unspecified atom stereocenters. The predicted octanol–water partition coefficient (Wildman–Crippen LogP) is -0.256. The normalized spacial score (nSPS) is 16.5. The lowest BCUT2D eigenvalue weighted by Crippen LogP contribution is -2.29. The number of nitrogen functional groups attached to an aromatic ring is 1. The zero-order chi connectivity index (χ0) is 18.6. The minimum absolute atomic E-state index is 0.0121. The van der Waals surface area contributed by atoms with Gasteiger partial charge in [-0.15, -0.1) is 0 Å². The van der Waals surface area contributed by atoms with E-state index >= 15 is 0 Å². The van der Waals surface area contributed by atoms with Crippen molar-refractivity contribution < 1.29 is 18.0 Å². The van der Waals surface area contributed by atoms with Crippen molar-refractivity contribution in [3.63, 3.8) is 0 Å². The molecule has 0 spiro atoms. The first-order valence-electron chi connectivity index (χ1n) is 7.82. The molecule has 2 amide bonds. The van der Waals surface area contributed by atoms with E-state index in [-0.39, 0.29) is 33.6 Å². The number of carbonyl (C=O) groups excluding carboxylic acids is 2. The molecule has 1 aromatic carbocycles. The van der Waals surface area contributed by atoms with Crippen molar-refractivity contribution in [2.24, 2.45) is 0 Å². The lowest BCUT2D eigenvalue weighted by atomic mass is 10.1. The maximum absolute atomic E-state index is 12.6. The molecule has 10 heteroatoms. The van der Waals surface area contributed by atoms with E-state index in [0.717, 1.165) is 23.5 Å². The molecule has 2 aromatic rings. The molecule has 1 aromatic heterocycles. The standard InChI is InChI=1S/C16H14N4O5S/c17-14-13-9(15(22)18-16(13)23)7-12(21)20(14)10-3-1-2-4-11(10)26(24,25)19-8-5-6-8/h1-4,7-8,19H,5-6,17H2,(H,18,22,23). The fourth-order valence-corrected chi connectivity index (χ4v) is 4.37. The predicted molar refractivity (Wildman–Crippen MR) is 91.6 cm³/mol. The first-order valence-corrected chi connectivity index (χ1v) is 9.31. The maximum atomic E-state index is 12.6. The highest BCUT2D eigenvalue weighted by Crippen LogP contribution is 2.28. The van der Waals surface area contributed by atoms with Gasteiger partial charge in [-0.1, -0.05) is 12.1 Å². The second-order valence-electron chi connectivity index (χ2n) is 6.14. The van der Waals surface area contributed by atoms with Gasteiger partial charge in [0.1, 0.15) is 10.7 Å². The van der Waals surface area contributed by atoms with Crippen LogP contribution < -0.4 is 21.3 Å². The Morgan fingerprint density at radius 1 is 1.12 bits per heavy atom. The molecule has 26 heavy (non-hydrogen) atoms. The number of aromatic nitrogens is 1. The van der Waals surface area contributed by atoms with Gasteiger partial charge in [0.25, 0.3) is 17.4 Å². The number of sulfonamides is 1. The van der Waals surface area contributed by atoms with Crippen LogP contribution in [-0.4, -0.2) is 30.8 Å². The van der Waals surface area contributed by atoms with Crippen LogP contribution in [0.5, 0.6) is 0 Å². The van der Waals surface area contributed by atoms with Crippen LogP contribution in [0.25, 0.3) is 5.69 Å². The van der Waals surface area contributed by atoms with Crippen molar-refractivity contribution in [1.29, 1.82) is 0 Å². The number of nitrogens with zero attached hydrogens (tertiary/aromatic N) is 1. The first-order chi connectivity index (χ1) is 12.3. The summed E-state index contributed by atoms with van der Waals surface area (Å²) >= 11 is 0. The molecule has 4 rings (SSSR count). The van der Waals surface area contributed by atoms with E-state index in [4.69, 9.17) is 5.73 Å². The summed E-state index contributed by atoms with van der Waals surface area (Å²) in [6.45, 7) is 0. The Morgan fingerprint density at radius 3 is 2.50 bits per heavy atom. The third-order valence-electron chi connectivity index (χ3n) is 4.25. The third kappa shape index (κ3) is 2.50. The monoisotopic (exact) mass is 374 g/mol. The molecule has 0 radical (unpaired) electrons. The van der Waals surface area contributed by atoms with Gasteiger partial charge in [0.2, 0.25) is 10.0 Å². The molecule has 0 atom stereocenters. The largest absolute Gasteiger partial charge is 0.384 e. The van der Waals surface area contributed by atoms with Gasteiger partial charge in [0.15, 0.2) is 0 Å². The number of fused-ring (bicyclic) bond motifs is 1. The summed E-state index contributed by atoms with van der Waals surface area (Å²) in [5.74, 6) is -1.73. The number of anilines is 1. The minimum Gasteiger partial charge on any atom is -0.384 e. The minimum atomic E-state index is -3.88. The van der Waals surface area contributed by atoms with E-state index in [1.165, 1.54) is 18.2 Å². The summed E-state index contributed by atoms with van der Waals surface area (Å²) in [5.41, 5.74) is 5.02. The molecule has 1 saturated carbocycles. The van der Waals surface area contributed by atoms with Crippen molar-refractivity contribution in [1.82, 2.24) is 14.6 Å². The Morgan fingerprint density at radius 2 is 1.81 bits per heavy atom. The van der Waals surface area contributed by atoms with Gasteiger partial charge >= 0.3 is 0 Å². The lowest BCUT2D eigenvalue weighted by molar-refractivity contribution is 0.0880. The highest BCUT2D eigenvalue weighted by molar-refractivity contribution is 7.89. The summed E-state index contributed by atoms with van der Waals surface area (Å²) in [6, 6.07) is 6.70. The molecule has 0 bridgehead atoms. The van der Waals surface area contributed by atoms with E-state index < -0.39 is 27.4 Å². The average Bonchev–Trinajstić information content (AvgIpc) is 3.32. The van der Waals surface area contributed by atoms with Crippen LogP contribution in [0.1, 0.15) is 33.6 Å². The van der Waals surface area contributed by atoms with Gasteiger partial charge in [-0.05, 0) is 25.0 Å². The molecule has 0 saturated heterocycles. The number of hydrogen-bond acceptors (Lipinski definition) is 6. The number of rotatable bonds is 4. The third-order valence-corrected chi connectivity index (χ3v) is 5.82.